The van der Waals surface area contributed by atoms with Gasteiger partial charge in [0.25, 0.3) is 0 Å². The highest BCUT2D eigenvalue weighted by molar-refractivity contribution is 5.78. The number of aromatic nitrogens is 2. The van der Waals surface area contributed by atoms with Crippen LogP contribution >= 0.6 is 0 Å². The molecule has 1 aliphatic carbocycles. The van der Waals surface area contributed by atoms with Crippen LogP contribution in [0.15, 0.2) is 54.6 Å². The SMILES string of the molecule is COc1ccccc1Oc1c(CN(CC2CC2)C(=O)C(C)C)c(C)nn1-c1ccccc1. The summed E-state index contributed by atoms with van der Waals surface area (Å²) in [5, 5.41) is 4.80. The molecule has 0 bridgehead atoms. The van der Waals surface area contributed by atoms with Crippen LogP contribution < -0.4 is 9.47 Å². The Morgan fingerprint density at radius 2 is 1.75 bits per heavy atom. The zero-order valence-corrected chi connectivity index (χ0v) is 19.2. The van der Waals surface area contributed by atoms with Crippen molar-refractivity contribution in [2.24, 2.45) is 11.8 Å². The van der Waals surface area contributed by atoms with E-state index >= 15 is 0 Å². The Hall–Kier alpha value is -3.28. The first kappa shape index (κ1) is 21.9. The molecule has 1 saturated carbocycles. The number of nitrogens with zero attached hydrogens (tertiary/aromatic N) is 3. The highest BCUT2D eigenvalue weighted by atomic mass is 16.5. The average molecular weight is 434 g/mol. The molecular formula is C26H31N3O3. The second kappa shape index (κ2) is 9.47. The molecule has 1 fully saturated rings. The van der Waals surface area contributed by atoms with E-state index in [2.05, 4.69) is 0 Å². The number of carbonyl (C=O) groups is 1. The van der Waals surface area contributed by atoms with Gasteiger partial charge in [0, 0.05) is 12.5 Å². The zero-order valence-electron chi connectivity index (χ0n) is 19.2. The lowest BCUT2D eigenvalue weighted by molar-refractivity contribution is -0.135. The average Bonchev–Trinajstić information content (AvgIpc) is 3.58. The molecule has 1 aromatic heterocycles. The number of carbonyl (C=O) groups excluding carboxylic acids is 1. The van der Waals surface area contributed by atoms with Crippen LogP contribution in [0.25, 0.3) is 5.69 Å². The van der Waals surface area contributed by atoms with Crippen molar-refractivity contribution in [3.8, 4) is 23.1 Å². The second-order valence-electron chi connectivity index (χ2n) is 8.69. The van der Waals surface area contributed by atoms with Crippen molar-refractivity contribution in [1.29, 1.82) is 0 Å². The van der Waals surface area contributed by atoms with Crippen LogP contribution in [-0.2, 0) is 11.3 Å². The van der Waals surface area contributed by atoms with Crippen LogP contribution in [0.5, 0.6) is 17.4 Å². The Morgan fingerprint density at radius 1 is 1.09 bits per heavy atom. The van der Waals surface area contributed by atoms with Crippen molar-refractivity contribution in [3.05, 3.63) is 65.9 Å². The minimum atomic E-state index is -0.0585. The smallest absolute Gasteiger partial charge is 0.228 e. The highest BCUT2D eigenvalue weighted by Crippen LogP contribution is 2.37. The van der Waals surface area contributed by atoms with Gasteiger partial charge in [0.15, 0.2) is 11.5 Å². The Kier molecular flexibility index (Phi) is 6.49. The largest absolute Gasteiger partial charge is 0.493 e. The van der Waals surface area contributed by atoms with Crippen molar-refractivity contribution in [2.45, 2.75) is 40.2 Å². The number of ether oxygens (including phenoxy) is 2. The van der Waals surface area contributed by atoms with Gasteiger partial charge >= 0.3 is 0 Å². The number of benzene rings is 2. The molecule has 2 aromatic carbocycles. The summed E-state index contributed by atoms with van der Waals surface area (Å²) in [5.41, 5.74) is 2.65. The van der Waals surface area contributed by atoms with Gasteiger partial charge in [-0.25, -0.2) is 4.68 Å². The summed E-state index contributed by atoms with van der Waals surface area (Å²) >= 11 is 0. The predicted molar refractivity (Wildman–Crippen MR) is 124 cm³/mol. The molecule has 0 saturated heterocycles. The van der Waals surface area contributed by atoms with Gasteiger partial charge in [0.05, 0.1) is 30.6 Å². The standard InChI is InChI=1S/C26H31N3O3/c1-18(2)25(30)28(16-20-14-15-20)17-22-19(3)27-29(21-10-6-5-7-11-21)26(22)32-24-13-9-8-12-23(24)31-4/h5-13,18,20H,14-17H2,1-4H3. The van der Waals surface area contributed by atoms with Crippen molar-refractivity contribution in [1.82, 2.24) is 14.7 Å². The van der Waals surface area contributed by atoms with Crippen molar-refractivity contribution in [3.63, 3.8) is 0 Å². The van der Waals surface area contributed by atoms with E-state index in [-0.39, 0.29) is 11.8 Å². The number of aryl methyl sites for hydroxylation is 1. The maximum Gasteiger partial charge on any atom is 0.228 e. The Morgan fingerprint density at radius 3 is 2.38 bits per heavy atom. The van der Waals surface area contributed by atoms with Crippen molar-refractivity contribution >= 4 is 5.91 Å². The summed E-state index contributed by atoms with van der Waals surface area (Å²) < 4.78 is 13.8. The maximum absolute atomic E-state index is 13.0. The first-order chi connectivity index (χ1) is 15.5. The summed E-state index contributed by atoms with van der Waals surface area (Å²) in [6.07, 6.45) is 2.38. The van der Waals surface area contributed by atoms with Crippen LogP contribution in [0.3, 0.4) is 0 Å². The van der Waals surface area contributed by atoms with E-state index in [1.807, 2.05) is 85.0 Å². The summed E-state index contributed by atoms with van der Waals surface area (Å²) in [4.78, 5) is 15.0. The summed E-state index contributed by atoms with van der Waals surface area (Å²) in [7, 11) is 1.63. The molecule has 168 valence electrons. The van der Waals surface area contributed by atoms with Crippen LogP contribution in [0.1, 0.15) is 37.9 Å². The highest BCUT2D eigenvalue weighted by Gasteiger charge is 2.30. The van der Waals surface area contributed by atoms with Gasteiger partial charge in [-0.3, -0.25) is 4.79 Å². The van der Waals surface area contributed by atoms with E-state index in [0.717, 1.165) is 23.5 Å². The van der Waals surface area contributed by atoms with Gasteiger partial charge < -0.3 is 14.4 Å². The van der Waals surface area contributed by atoms with Gasteiger partial charge in [-0.15, -0.1) is 0 Å². The third kappa shape index (κ3) is 4.79. The fraction of sp³-hybridized carbons (Fsp3) is 0.385. The molecule has 3 aromatic rings. The lowest BCUT2D eigenvalue weighted by Crippen LogP contribution is -2.35. The summed E-state index contributed by atoms with van der Waals surface area (Å²) in [5.74, 6) is 2.56. The lowest BCUT2D eigenvalue weighted by atomic mass is 10.1. The molecule has 0 N–H and O–H groups in total. The van der Waals surface area contributed by atoms with Crippen LogP contribution in [0, 0.1) is 18.8 Å². The maximum atomic E-state index is 13.0. The number of methoxy groups -OCH3 is 1. The number of hydrogen-bond acceptors (Lipinski definition) is 4. The van der Waals surface area contributed by atoms with Crippen LogP contribution in [0.2, 0.25) is 0 Å². The number of rotatable bonds is 9. The molecule has 6 nitrogen and oxygen atoms in total. The van der Waals surface area contributed by atoms with Crippen LogP contribution in [-0.4, -0.2) is 34.2 Å². The van der Waals surface area contributed by atoms with E-state index < -0.39 is 0 Å². The van der Waals surface area contributed by atoms with Gasteiger partial charge in [0.2, 0.25) is 11.8 Å². The van der Waals surface area contributed by atoms with Crippen molar-refractivity contribution in [2.75, 3.05) is 13.7 Å². The quantitative estimate of drug-likeness (QED) is 0.455. The Labute approximate surface area is 189 Å². The molecule has 32 heavy (non-hydrogen) atoms. The topological polar surface area (TPSA) is 56.6 Å². The molecule has 0 unspecified atom stereocenters. The minimum Gasteiger partial charge on any atom is -0.493 e. The first-order valence-corrected chi connectivity index (χ1v) is 11.2. The molecule has 0 aliphatic heterocycles. The zero-order chi connectivity index (χ0) is 22.7. The third-order valence-electron chi connectivity index (χ3n) is 5.74. The molecule has 1 amide bonds. The van der Waals surface area contributed by atoms with E-state index in [4.69, 9.17) is 14.6 Å². The van der Waals surface area contributed by atoms with Gasteiger partial charge in [-0.2, -0.15) is 5.10 Å². The third-order valence-corrected chi connectivity index (χ3v) is 5.74. The second-order valence-corrected chi connectivity index (χ2v) is 8.69. The molecule has 1 aliphatic rings. The molecule has 0 atom stereocenters. The number of hydrogen-bond donors (Lipinski definition) is 0. The molecule has 6 heteroatoms. The van der Waals surface area contributed by atoms with Gasteiger partial charge in [-0.05, 0) is 49.9 Å². The molecular weight excluding hydrogens is 402 g/mol. The number of amides is 1. The number of para-hydroxylation sites is 3. The first-order valence-electron chi connectivity index (χ1n) is 11.2. The summed E-state index contributed by atoms with van der Waals surface area (Å²) in [6.45, 7) is 7.13. The van der Waals surface area contributed by atoms with Crippen LogP contribution in [0.4, 0.5) is 0 Å². The van der Waals surface area contributed by atoms with Gasteiger partial charge in [0.1, 0.15) is 0 Å². The van der Waals surface area contributed by atoms with Gasteiger partial charge in [-0.1, -0.05) is 44.2 Å². The van der Waals surface area contributed by atoms with E-state index in [0.29, 0.717) is 29.8 Å². The Bertz CT molecular complexity index is 1070. The fourth-order valence-corrected chi connectivity index (χ4v) is 3.78. The minimum absolute atomic E-state index is 0.0585. The lowest BCUT2D eigenvalue weighted by Gasteiger charge is -2.25. The van der Waals surface area contributed by atoms with E-state index in [9.17, 15) is 4.79 Å². The normalized spacial score (nSPS) is 13.3. The monoisotopic (exact) mass is 433 g/mol. The molecule has 0 radical (unpaired) electrons. The molecule has 0 spiro atoms. The fourth-order valence-electron chi connectivity index (χ4n) is 3.78. The predicted octanol–water partition coefficient (Wildman–Crippen LogP) is 5.38. The molecule has 1 heterocycles. The van der Waals surface area contributed by atoms with E-state index in [1.54, 1.807) is 7.11 Å². The summed E-state index contributed by atoms with van der Waals surface area (Å²) in [6, 6.07) is 17.5. The Balaban J connectivity index is 1.77. The van der Waals surface area contributed by atoms with E-state index in [1.165, 1.54) is 12.8 Å². The molecule has 4 rings (SSSR count). The van der Waals surface area contributed by atoms with Crippen molar-refractivity contribution < 1.29 is 14.3 Å².